The van der Waals surface area contributed by atoms with Gasteiger partial charge in [-0.05, 0) is 243 Å². The zero-order chi connectivity index (χ0) is 161. The normalized spacial score (nSPS) is 16.9. The highest BCUT2D eigenvalue weighted by Crippen LogP contribution is 2.36. The molecule has 0 aliphatic carbocycles. The molecule has 0 aliphatic rings. The first kappa shape index (κ1) is 49.5. The average Bonchev–Trinajstić information content (AvgIpc) is 0.736. The van der Waals surface area contributed by atoms with Crippen molar-refractivity contribution in [2.24, 2.45) is 0 Å². The molecule has 0 bridgehead atoms. The van der Waals surface area contributed by atoms with Gasteiger partial charge in [0, 0.05) is 104 Å². The summed E-state index contributed by atoms with van der Waals surface area (Å²) < 4.78 is 553. The molecule has 18 heteroatoms. The van der Waals surface area contributed by atoms with Crippen LogP contribution in [-0.2, 0) is 0 Å². The molecule has 22 rings (SSSR count). The van der Waals surface area contributed by atoms with Gasteiger partial charge >= 0.3 is 14.2 Å². The summed E-state index contributed by atoms with van der Waals surface area (Å²) in [5.74, 6) is 0. The molecule has 22 aromatic carbocycles. The van der Waals surface area contributed by atoms with E-state index < -0.39 is 477 Å². The maximum absolute atomic E-state index is 8.91. The molecule has 0 fully saturated rings. The second kappa shape index (κ2) is 58.3. The number of fused-ring (bicyclic) bond motifs is 3. The predicted octanol–water partition coefficient (Wildman–Crippen LogP) is 37.4. The van der Waals surface area contributed by atoms with Crippen molar-refractivity contribution in [3.63, 3.8) is 0 Å². The lowest BCUT2D eigenvalue weighted by molar-refractivity contribution is 0.424. The second-order valence-corrected chi connectivity index (χ2v) is 32.6. The third-order valence-electron chi connectivity index (χ3n) is 17.6. The van der Waals surface area contributed by atoms with E-state index in [0.717, 1.165) is 32.6 Å². The summed E-state index contributed by atoms with van der Waals surface area (Å²) in [5.41, 5.74) is -1.11. The van der Waals surface area contributed by atoms with Gasteiger partial charge < -0.3 is 36.5 Å². The third-order valence-corrected chi connectivity index (χ3v) is 20.4. The van der Waals surface area contributed by atoms with E-state index in [-0.39, 0.29) is 97.1 Å². The Hall–Kier alpha value is -12.7. The van der Waals surface area contributed by atoms with Gasteiger partial charge in [0.15, 0.2) is 0 Å². The fraction of sp³-hybridized carbons (Fsp3) is 0. The molecule has 0 aliphatic heterocycles. The highest BCUT2D eigenvalue weighted by molar-refractivity contribution is 9.93. The standard InChI is InChI=1S/C38H28N2.2C18H12Br2.C18H14.C10H9N.2C6H7BO2.C6H4Br2.C6H5Br.Br2/c1-3-11-35-31(7-1)9-5-13-37(35)39-33-23-19-29(20-24-33)27-15-17-28(18-16-27)30-21-25-34(26-22-30)40-38-14-6-10-32-8-2-4-12-36(32)38;2*19-17-9-5-15(6-10-17)13-1-2-14(4-3-13)16-7-11-18(20)12-8-16;1-3-7-15(8-4-1)17-11-13-18(14-12-17)16-9-5-2-6-10-16;11-10-7-3-5-8-4-1-2-6-9(8)10;2*8-7(9)6-4-2-1-3-5-6;7-5-1-2-6(8)4-3-5;7-6-4-2-1-3-5-6;1-2/h1-26,39-40H;2*1-12H;1-14H;1-7H,11H2;2*1-5,8-9H;1-4H;1-5H;/i15D,16D,17D,18D,19D,20D,21D,22D,23D,24D,25D,26D;2*1D,2D,3D,4D,5D,6D,7D,8D,9D,10D,11D,12D;1D,2D,3D,4D,5D,6D,7D,8D,9D,10D,11D,12D,13D,14D;;2*1D,2D,3D,4D,5D;1D,2D,3D,4D;1D,2D,3D,4D,5D;. The van der Waals surface area contributed by atoms with Crippen molar-refractivity contribution in [1.29, 1.82) is 0 Å². The number of rotatable bonds is 14. The van der Waals surface area contributed by atoms with Crippen LogP contribution >= 0.6 is 140 Å². The van der Waals surface area contributed by atoms with Gasteiger partial charge in [-0.15, -0.1) is 0 Å². The molecule has 710 valence electrons. The number of nitrogens with two attached hydrogens (primary N) is 1. The summed E-state index contributed by atoms with van der Waals surface area (Å²) in [6.07, 6.45) is 0. The molecule has 0 spiro atoms. The molecule has 0 radical (unpaired) electrons. The minimum atomic E-state index is -2.07. The first-order valence-electron chi connectivity index (χ1n) is 74.8. The van der Waals surface area contributed by atoms with Crippen molar-refractivity contribution in [3.05, 3.63) is 576 Å². The maximum Gasteiger partial charge on any atom is 0.488 e. The minimum Gasteiger partial charge on any atom is -0.423 e. The van der Waals surface area contributed by atoms with Crippen LogP contribution < -0.4 is 27.3 Å². The summed E-state index contributed by atoms with van der Waals surface area (Å²) in [6, 6.07) is 1.37. The molecule has 8 N–H and O–H groups in total. The van der Waals surface area contributed by atoms with Gasteiger partial charge in [0.1, 0.15) is 0 Å². The number of hydrogen-bond acceptors (Lipinski definition) is 7. The topological polar surface area (TPSA) is 131 Å². The van der Waals surface area contributed by atoms with Crippen molar-refractivity contribution >= 4 is 226 Å². The SMILES string of the molecule is BrBr.Nc1cccc2ccccc12.[2H]c1c([2H])c(-c2c([2H])c([2H])c(-c3c([2H])c([2H])c(Br)c([2H])c3[2H])c([2H])c2[2H])c([2H])c([2H])c1Br.[2H]c1c([2H])c(-c2c([2H])c([2H])c(-c3c([2H])c([2H])c(Br)c([2H])c3[2H])c([2H])c2[2H])c([2H])c([2H])c1Br.[2H]c1c([2H])c(-c2c([2H])c([2H])c(-c3c([2H])c([2H])c(Nc4cccc5ccccc45)c([2H])c3[2H])c([2H])c2[2H])c([2H])c([2H])c1Nc1cccc2ccccc12.[2H]c1c([2H])c(Br)c([2H])c([2H])c1Br.[2H]c1c([2H])c([2H])c(-c2c([2H])c([2H])c(-c3c([2H])c([2H])c([2H])c([2H])c3[2H])c([2H])c2[2H])c([2H])c1[2H].[2H]c1c([2H])c([2H])c(B(O)O)c([2H])c1[2H].[2H]c1c([2H])c([2H])c(B(O)O)c([2H])c1[2H].[2H]c1c([2H])c([2H])c(Br)c([2H])c1[2H]. The minimum absolute atomic E-state index is 0.0668. The Morgan fingerprint density at radius 1 is 0.188 bits per heavy atom. The molecular weight excluding hydrogens is 2360 g/mol. The van der Waals surface area contributed by atoms with Crippen LogP contribution in [0.3, 0.4) is 0 Å². The summed E-state index contributed by atoms with van der Waals surface area (Å²) in [6.45, 7) is 0. The van der Waals surface area contributed by atoms with E-state index in [2.05, 4.69) is 163 Å². The van der Waals surface area contributed by atoms with Crippen LogP contribution in [0.1, 0.15) is 94.6 Å². The molecule has 0 amide bonds. The third kappa shape index (κ3) is 34.5. The Kier molecular flexibility index (Phi) is 20.0. The van der Waals surface area contributed by atoms with Crippen LogP contribution in [0.2, 0.25) is 0 Å². The Labute approximate surface area is 1020 Å². The molecule has 7 nitrogen and oxygen atoms in total. The van der Waals surface area contributed by atoms with E-state index in [4.69, 9.17) is 120 Å². The van der Waals surface area contributed by atoms with Crippen LogP contribution in [0.25, 0.3) is 121 Å². The molecule has 144 heavy (non-hydrogen) atoms. The molecule has 0 unspecified atom stereocenters. The highest BCUT2D eigenvalue weighted by Gasteiger charge is 2.12. The molecule has 0 atom stereocenters. The summed E-state index contributed by atoms with van der Waals surface area (Å²) >= 11 is 26.2. The summed E-state index contributed by atoms with van der Waals surface area (Å²) in [4.78, 5) is 0. The fourth-order valence-corrected chi connectivity index (χ4v) is 12.6. The van der Waals surface area contributed by atoms with Crippen LogP contribution in [0.15, 0.2) is 576 Å². The van der Waals surface area contributed by atoms with Crippen LogP contribution in [0, 0.1) is 0 Å². The van der Waals surface area contributed by atoms with Crippen molar-refractivity contribution in [2.75, 3.05) is 16.4 Å². The first-order valence-corrected chi connectivity index (χ1v) is 49.6. The molecule has 22 aromatic rings. The number of benzene rings is 22. The van der Waals surface area contributed by atoms with Gasteiger partial charge in [0.2, 0.25) is 0 Å². The van der Waals surface area contributed by atoms with Gasteiger partial charge in [0.05, 0.1) is 94.6 Å². The Morgan fingerprint density at radius 3 is 0.604 bits per heavy atom. The van der Waals surface area contributed by atoms with Gasteiger partial charge in [-0.3, -0.25) is 0 Å². The second-order valence-electron chi connectivity index (χ2n) is 27.0. The summed E-state index contributed by atoms with van der Waals surface area (Å²) in [7, 11) is -4.13. The van der Waals surface area contributed by atoms with E-state index in [1.54, 1.807) is 24.3 Å². The van der Waals surface area contributed by atoms with E-state index in [0.29, 0.717) is 11.4 Å². The van der Waals surface area contributed by atoms with Crippen molar-refractivity contribution in [1.82, 2.24) is 0 Å². The lowest BCUT2D eigenvalue weighted by Gasteiger charge is -2.12. The van der Waals surface area contributed by atoms with E-state index in [1.165, 1.54) is 5.39 Å². The molecule has 0 heterocycles. The number of hydrogen-bond donors (Lipinski definition) is 7. The number of nitrogens with one attached hydrogen (secondary N) is 2. The molecule has 0 aromatic heterocycles. The smallest absolute Gasteiger partial charge is 0.423 e. The maximum atomic E-state index is 8.91. The van der Waals surface area contributed by atoms with Crippen molar-refractivity contribution in [2.45, 2.75) is 0 Å². The summed E-state index contributed by atoms with van der Waals surface area (Å²) in [5, 5.41) is 47.0. The lowest BCUT2D eigenvalue weighted by atomic mass is 9.81. The zero-order valence-electron chi connectivity index (χ0n) is 142. The van der Waals surface area contributed by atoms with Crippen LogP contribution in [0.5, 0.6) is 0 Å². The lowest BCUT2D eigenvalue weighted by Crippen LogP contribution is -2.29. The predicted molar refractivity (Wildman–Crippen MR) is 649 cm³/mol. The average molecular weight is 2530 g/mol. The van der Waals surface area contributed by atoms with Gasteiger partial charge in [-0.1, -0.05) is 529 Å². The van der Waals surface area contributed by atoms with E-state index >= 15 is 0 Å². The Balaban J connectivity index is 0.000000201. The first-order chi connectivity index (χ1) is 99.1. The van der Waals surface area contributed by atoms with E-state index in [1.807, 2.05) is 91.0 Å². The zero-order valence-corrected chi connectivity index (χ0v) is 86.8. The van der Waals surface area contributed by atoms with Crippen molar-refractivity contribution < 1.29 is 115 Å². The molecule has 0 saturated heterocycles. The van der Waals surface area contributed by atoms with Crippen LogP contribution in [0.4, 0.5) is 28.4 Å². The van der Waals surface area contributed by atoms with Gasteiger partial charge in [0.25, 0.3) is 0 Å². The van der Waals surface area contributed by atoms with Crippen LogP contribution in [-0.4, -0.2) is 34.3 Å². The quantitative estimate of drug-likeness (QED) is 0.0426. The molecule has 0 saturated carbocycles. The monoisotopic (exact) mass is 2520 g/mol. The van der Waals surface area contributed by atoms with Gasteiger partial charge in [-0.25, -0.2) is 0 Å². The number of halogens is 9. The van der Waals surface area contributed by atoms with Crippen molar-refractivity contribution in [3.8, 4) is 89.0 Å². The fourth-order valence-electron chi connectivity index (χ4n) is 11.2. The van der Waals surface area contributed by atoms with Gasteiger partial charge in [-0.2, -0.15) is 0 Å². The number of nitrogen functional groups attached to an aromatic ring is 1. The largest absolute Gasteiger partial charge is 0.488 e. The molecular formula is C126H98B2Br9N3O4. The Bertz CT molecular complexity index is 10500. The van der Waals surface area contributed by atoms with E-state index in [9.17, 15) is 0 Å². The number of anilines is 5. The highest BCUT2D eigenvalue weighted by atomic mass is 80.9. The Morgan fingerprint density at radius 2 is 0.361 bits per heavy atom.